The smallest absolute Gasteiger partial charge is 0.293 e. The van der Waals surface area contributed by atoms with Crippen LogP contribution in [0.1, 0.15) is 88.1 Å². The quantitative estimate of drug-likeness (QED) is 0.0638. The average molecular weight is 935 g/mol. The van der Waals surface area contributed by atoms with Gasteiger partial charge in [0.25, 0.3) is 21.6 Å². The molecule has 346 valence electrons. The highest BCUT2D eigenvalue weighted by Gasteiger charge is 2.33. The van der Waals surface area contributed by atoms with Crippen LogP contribution < -0.4 is 14.9 Å². The number of allylic oxidation sites excluding steroid dienone is 1. The largest absolute Gasteiger partial charge is 0.390 e. The van der Waals surface area contributed by atoms with Gasteiger partial charge in [-0.15, -0.1) is 0 Å². The van der Waals surface area contributed by atoms with E-state index in [1.54, 1.807) is 23.1 Å². The number of halogens is 1. The highest BCUT2D eigenvalue weighted by Crippen LogP contribution is 2.44. The van der Waals surface area contributed by atoms with Crippen molar-refractivity contribution in [2.75, 3.05) is 49.5 Å². The van der Waals surface area contributed by atoms with Gasteiger partial charge in [-0.3, -0.25) is 29.6 Å². The second kappa shape index (κ2) is 18.1. The lowest BCUT2D eigenvalue weighted by Gasteiger charge is -2.39. The van der Waals surface area contributed by atoms with Crippen LogP contribution in [-0.4, -0.2) is 93.9 Å². The van der Waals surface area contributed by atoms with Gasteiger partial charge >= 0.3 is 0 Å². The normalized spacial score (nSPS) is 20.5. The number of amides is 1. The molecule has 1 saturated carbocycles. The van der Waals surface area contributed by atoms with Crippen LogP contribution in [-0.2, 0) is 10.0 Å². The monoisotopic (exact) mass is 933 g/mol. The lowest BCUT2D eigenvalue weighted by molar-refractivity contribution is -0.384. The van der Waals surface area contributed by atoms with E-state index in [9.17, 15) is 28.4 Å². The van der Waals surface area contributed by atoms with E-state index in [1.165, 1.54) is 28.8 Å². The van der Waals surface area contributed by atoms with Crippen LogP contribution in [0, 0.1) is 21.4 Å². The number of nitrogens with one attached hydrogen (secondary N) is 3. The van der Waals surface area contributed by atoms with Gasteiger partial charge in [-0.25, -0.2) is 23.1 Å². The van der Waals surface area contributed by atoms with Crippen molar-refractivity contribution < 1.29 is 23.2 Å². The first-order valence-electron chi connectivity index (χ1n) is 22.8. The standard InChI is InChI=1S/C49H56ClN9O6S/c1-4-49(61)18-13-32(14-19-49)29-52-41-12-10-38(27-45(41)59(62)63)66(64,65)55-47(60)39-11-9-37(26-43(39)58-44-25-34-16-20-51-46(34)54-42(44)30-53-58)57-23-21-56(22-24-57)31-35-15-17-48(2,3)28-40(35)33-5-7-36(50)8-6-33/h5-12,16,20,25-27,30,32,52-53,61H,4,13-15,17-19,21-24,28-29,31H2,1-3H3,(H,55,60). The van der Waals surface area contributed by atoms with Gasteiger partial charge in [0, 0.05) is 73.8 Å². The van der Waals surface area contributed by atoms with E-state index >= 15 is 0 Å². The lowest BCUT2D eigenvalue weighted by Crippen LogP contribution is -2.47. The molecule has 3 aliphatic rings. The summed E-state index contributed by atoms with van der Waals surface area (Å²) >= 11 is 6.26. The van der Waals surface area contributed by atoms with Crippen molar-refractivity contribution in [1.29, 1.82) is 0 Å². The molecule has 0 unspecified atom stereocenters. The Bertz CT molecular complexity index is 2950. The summed E-state index contributed by atoms with van der Waals surface area (Å²) in [6.45, 7) is 11.1. The minimum Gasteiger partial charge on any atom is -0.390 e. The highest BCUT2D eigenvalue weighted by atomic mass is 35.5. The predicted molar refractivity (Wildman–Crippen MR) is 259 cm³/mol. The second-order valence-electron chi connectivity index (χ2n) is 19.0. The molecule has 17 heteroatoms. The molecule has 1 saturated heterocycles. The predicted octanol–water partition coefficient (Wildman–Crippen LogP) is 9.11. The number of nitro benzene ring substituents is 1. The third-order valence-electron chi connectivity index (χ3n) is 14.0. The fraction of sp³-hybridized carbons (Fsp3) is 0.408. The molecule has 1 amide bonds. The number of anilines is 2. The molecule has 0 radical (unpaired) electrons. The molecule has 0 bridgehead atoms. The number of aliphatic hydroxyl groups is 1. The molecular weight excluding hydrogens is 878 g/mol. The first-order valence-corrected chi connectivity index (χ1v) is 24.7. The SMILES string of the molecule is CCC1(O)CCC(CNc2ccc(S(=O)(=O)NC(=O)c3ccc(N4CCN(CC5=C(c6ccc(Cl)cc6)CC(C)(C)CC5)CC4)cc3-n3[nH]cc4nc5nccc5cc43)cc2[N+](=O)[O-])CC1. The van der Waals surface area contributed by atoms with Crippen LogP contribution in [0.5, 0.6) is 0 Å². The topological polar surface area (TPSA) is 192 Å². The third kappa shape index (κ3) is 9.55. The minimum atomic E-state index is -4.59. The molecule has 2 aliphatic carbocycles. The molecule has 1 aliphatic heterocycles. The van der Waals surface area contributed by atoms with E-state index in [0.717, 1.165) is 87.0 Å². The zero-order valence-corrected chi connectivity index (χ0v) is 39.1. The number of hydrogen-bond acceptors (Lipinski definition) is 11. The van der Waals surface area contributed by atoms with E-state index in [0.29, 0.717) is 48.2 Å². The zero-order valence-electron chi connectivity index (χ0n) is 37.5. The number of carbonyl (C=O) groups is 1. The molecule has 3 aromatic carbocycles. The molecule has 0 spiro atoms. The summed E-state index contributed by atoms with van der Waals surface area (Å²) in [6.07, 6.45) is 10.1. The zero-order chi connectivity index (χ0) is 46.4. The van der Waals surface area contributed by atoms with Gasteiger partial charge in [-0.2, -0.15) is 0 Å². The van der Waals surface area contributed by atoms with E-state index in [4.69, 9.17) is 11.6 Å². The van der Waals surface area contributed by atoms with E-state index in [1.807, 2.05) is 43.3 Å². The number of hydrogen-bond donors (Lipinski definition) is 4. The third-order valence-corrected chi connectivity index (χ3v) is 15.6. The summed E-state index contributed by atoms with van der Waals surface area (Å²) in [4.78, 5) is 39.3. The van der Waals surface area contributed by atoms with Gasteiger partial charge in [-0.05, 0) is 128 Å². The van der Waals surface area contributed by atoms with Crippen LogP contribution in [0.2, 0.25) is 5.02 Å². The Labute approximate surface area is 389 Å². The summed E-state index contributed by atoms with van der Waals surface area (Å²) in [5, 5.41) is 30.8. The van der Waals surface area contributed by atoms with Crippen molar-refractivity contribution in [2.24, 2.45) is 11.3 Å². The van der Waals surface area contributed by atoms with Gasteiger partial charge < -0.3 is 15.3 Å². The van der Waals surface area contributed by atoms with Crippen molar-refractivity contribution in [3.05, 3.63) is 117 Å². The Morgan fingerprint density at radius 1 is 1.00 bits per heavy atom. The number of benzene rings is 3. The van der Waals surface area contributed by atoms with Crippen molar-refractivity contribution in [1.82, 2.24) is 29.4 Å². The van der Waals surface area contributed by atoms with E-state index in [-0.39, 0.29) is 22.6 Å². The fourth-order valence-corrected chi connectivity index (χ4v) is 11.0. The number of rotatable bonds is 13. The molecule has 2 fully saturated rings. The molecule has 4 heterocycles. The van der Waals surface area contributed by atoms with E-state index < -0.39 is 37.0 Å². The van der Waals surface area contributed by atoms with Gasteiger partial charge in [0.15, 0.2) is 5.65 Å². The number of H-pyrrole nitrogens is 1. The summed E-state index contributed by atoms with van der Waals surface area (Å²) < 4.78 is 31.7. The minimum absolute atomic E-state index is 0.0626. The summed E-state index contributed by atoms with van der Waals surface area (Å²) in [5.74, 6) is -0.704. The maximum atomic E-state index is 14.3. The molecule has 6 aromatic rings. The fourth-order valence-electron chi connectivity index (χ4n) is 9.85. The Kier molecular flexibility index (Phi) is 12.4. The number of piperazine rings is 1. The van der Waals surface area contributed by atoms with Gasteiger partial charge in [0.2, 0.25) is 0 Å². The van der Waals surface area contributed by atoms with Crippen molar-refractivity contribution >= 4 is 72.2 Å². The van der Waals surface area contributed by atoms with Crippen molar-refractivity contribution in [3.63, 3.8) is 0 Å². The highest BCUT2D eigenvalue weighted by molar-refractivity contribution is 7.90. The molecule has 9 rings (SSSR count). The van der Waals surface area contributed by atoms with Gasteiger partial charge in [0.1, 0.15) is 11.2 Å². The number of aromatic amines is 1. The number of pyridine rings is 1. The number of carbonyl (C=O) groups excluding carboxylic acids is 1. The Hall–Kier alpha value is -5.81. The molecule has 3 aromatic heterocycles. The number of nitrogens with zero attached hydrogens (tertiary/aromatic N) is 6. The van der Waals surface area contributed by atoms with Gasteiger partial charge in [-0.1, -0.05) is 50.1 Å². The first kappa shape index (κ1) is 45.4. The molecule has 15 nitrogen and oxygen atoms in total. The van der Waals surface area contributed by atoms with Crippen LogP contribution in [0.4, 0.5) is 17.1 Å². The van der Waals surface area contributed by atoms with Gasteiger partial charge in [0.05, 0.1) is 32.2 Å². The number of aromatic nitrogens is 4. The summed E-state index contributed by atoms with van der Waals surface area (Å²) in [6, 6.07) is 20.9. The maximum absolute atomic E-state index is 14.3. The van der Waals surface area contributed by atoms with Crippen LogP contribution in [0.3, 0.4) is 0 Å². The molecular formula is C49H56ClN9O6S. The molecule has 0 atom stereocenters. The van der Waals surface area contributed by atoms with Crippen LogP contribution in [0.15, 0.2) is 95.7 Å². The Balaban J connectivity index is 0.959. The Morgan fingerprint density at radius 3 is 2.48 bits per heavy atom. The second-order valence-corrected chi connectivity index (χ2v) is 21.1. The summed E-state index contributed by atoms with van der Waals surface area (Å²) in [5.41, 5.74) is 6.57. The van der Waals surface area contributed by atoms with Crippen molar-refractivity contribution in [2.45, 2.75) is 82.6 Å². The number of fused-ring (bicyclic) bond motifs is 2. The number of sulfonamides is 1. The van der Waals surface area contributed by atoms with E-state index in [2.05, 4.69) is 60.9 Å². The summed E-state index contributed by atoms with van der Waals surface area (Å²) in [7, 11) is -4.59. The first-order chi connectivity index (χ1) is 31.6. The van der Waals surface area contributed by atoms with Crippen molar-refractivity contribution in [3.8, 4) is 5.69 Å². The maximum Gasteiger partial charge on any atom is 0.293 e. The molecule has 66 heavy (non-hydrogen) atoms. The Morgan fingerprint density at radius 2 is 1.76 bits per heavy atom. The van der Waals surface area contributed by atoms with Crippen LogP contribution >= 0.6 is 11.6 Å². The lowest BCUT2D eigenvalue weighted by atomic mass is 9.72. The number of nitro groups is 1. The average Bonchev–Trinajstić information content (AvgIpc) is 3.95. The molecule has 4 N–H and O–H groups in total. The van der Waals surface area contributed by atoms with Crippen LogP contribution in [0.25, 0.3) is 33.3 Å².